The Morgan fingerprint density at radius 2 is 2.32 bits per heavy atom. The molecule has 0 saturated heterocycles. The molecule has 1 aromatic rings. The predicted octanol–water partition coefficient (Wildman–Crippen LogP) is 1.81. The molecule has 0 aliphatic carbocycles. The second-order valence-electron chi connectivity index (χ2n) is 5.07. The molecule has 0 bridgehead atoms. The number of esters is 1. The zero-order valence-corrected chi connectivity index (χ0v) is 11.6. The van der Waals surface area contributed by atoms with E-state index in [1.54, 1.807) is 12.1 Å². The van der Waals surface area contributed by atoms with E-state index in [9.17, 15) is 4.79 Å². The van der Waals surface area contributed by atoms with E-state index in [2.05, 4.69) is 0 Å². The van der Waals surface area contributed by atoms with Crippen LogP contribution in [0.25, 0.3) is 0 Å². The summed E-state index contributed by atoms with van der Waals surface area (Å²) >= 11 is 0. The third-order valence-electron chi connectivity index (χ3n) is 2.82. The molecule has 1 heterocycles. The highest BCUT2D eigenvalue weighted by atomic mass is 16.5. The van der Waals surface area contributed by atoms with Gasteiger partial charge in [-0.25, -0.2) is 0 Å². The van der Waals surface area contributed by atoms with Gasteiger partial charge in [-0.1, -0.05) is 0 Å². The van der Waals surface area contributed by atoms with Crippen LogP contribution in [0.15, 0.2) is 18.2 Å². The number of rotatable bonds is 3. The van der Waals surface area contributed by atoms with E-state index in [0.717, 1.165) is 11.4 Å². The van der Waals surface area contributed by atoms with Gasteiger partial charge in [0.05, 0.1) is 18.3 Å². The van der Waals surface area contributed by atoms with Crippen LogP contribution in [-0.2, 0) is 9.53 Å². The molecule has 1 aromatic carbocycles. The van der Waals surface area contributed by atoms with Gasteiger partial charge in [0.1, 0.15) is 18.4 Å². The maximum absolute atomic E-state index is 11.8. The van der Waals surface area contributed by atoms with Gasteiger partial charge in [-0.2, -0.15) is 0 Å². The van der Waals surface area contributed by atoms with E-state index in [4.69, 9.17) is 15.2 Å². The average molecular weight is 264 g/mol. The Bertz CT molecular complexity index is 474. The van der Waals surface area contributed by atoms with E-state index in [0.29, 0.717) is 12.2 Å². The molecule has 1 aliphatic heterocycles. The molecule has 104 valence electrons. The molecule has 5 heteroatoms. The zero-order valence-electron chi connectivity index (χ0n) is 11.6. The van der Waals surface area contributed by atoms with Crippen molar-refractivity contribution in [1.29, 1.82) is 0 Å². The van der Waals surface area contributed by atoms with Crippen molar-refractivity contribution >= 4 is 17.3 Å². The summed E-state index contributed by atoms with van der Waals surface area (Å²) in [5.74, 6) is 0.489. The van der Waals surface area contributed by atoms with E-state index >= 15 is 0 Å². The number of carbonyl (C=O) groups excluding carboxylic acids is 1. The predicted molar refractivity (Wildman–Crippen MR) is 74.4 cm³/mol. The first-order valence-electron chi connectivity index (χ1n) is 6.46. The monoisotopic (exact) mass is 264 g/mol. The lowest BCUT2D eigenvalue weighted by atomic mass is 10.2. The quantitative estimate of drug-likeness (QED) is 0.666. The molecular formula is C14H20N2O3. The number of carbonyl (C=O) groups is 1. The molecule has 2 N–H and O–H groups in total. The van der Waals surface area contributed by atoms with Gasteiger partial charge >= 0.3 is 5.97 Å². The number of hydrogen-bond acceptors (Lipinski definition) is 5. The molecule has 0 amide bonds. The first-order valence-corrected chi connectivity index (χ1v) is 6.46. The summed E-state index contributed by atoms with van der Waals surface area (Å²) in [6.07, 6.45) is -0.0852. The van der Waals surface area contributed by atoms with Crippen LogP contribution in [-0.4, -0.2) is 31.3 Å². The van der Waals surface area contributed by atoms with E-state index in [1.807, 2.05) is 31.7 Å². The molecular weight excluding hydrogens is 244 g/mol. The smallest absolute Gasteiger partial charge is 0.325 e. The number of ether oxygens (including phenoxy) is 2. The molecule has 0 spiro atoms. The number of nitrogens with two attached hydrogens (primary N) is 1. The van der Waals surface area contributed by atoms with Crippen molar-refractivity contribution in [3.63, 3.8) is 0 Å². The third-order valence-corrected chi connectivity index (χ3v) is 2.82. The Labute approximate surface area is 113 Å². The summed E-state index contributed by atoms with van der Waals surface area (Å²) < 4.78 is 10.9. The first kappa shape index (κ1) is 13.5. The minimum absolute atomic E-state index is 0.0150. The standard InChI is InChI=1S/C14H20N2O3/c1-9(2)18-14(17)8-16-7-10(3)19-13-6-11(15)4-5-12(13)16/h4-6,9-10H,7-8,15H2,1-3H3. The van der Waals surface area contributed by atoms with Crippen LogP contribution in [0.5, 0.6) is 5.75 Å². The van der Waals surface area contributed by atoms with Crippen molar-refractivity contribution in [2.75, 3.05) is 23.7 Å². The van der Waals surface area contributed by atoms with Crippen LogP contribution in [0.3, 0.4) is 0 Å². The van der Waals surface area contributed by atoms with Crippen molar-refractivity contribution < 1.29 is 14.3 Å². The summed E-state index contributed by atoms with van der Waals surface area (Å²) in [5, 5.41) is 0. The Morgan fingerprint density at radius 1 is 1.58 bits per heavy atom. The molecule has 2 rings (SSSR count). The fourth-order valence-corrected chi connectivity index (χ4v) is 2.15. The van der Waals surface area contributed by atoms with Gasteiger partial charge in [-0.3, -0.25) is 4.79 Å². The number of benzene rings is 1. The van der Waals surface area contributed by atoms with Crippen molar-refractivity contribution in [2.45, 2.75) is 33.0 Å². The second kappa shape index (κ2) is 5.38. The zero-order chi connectivity index (χ0) is 14.0. The van der Waals surface area contributed by atoms with Crippen molar-refractivity contribution in [2.24, 2.45) is 0 Å². The molecule has 0 aromatic heterocycles. The van der Waals surface area contributed by atoms with Gasteiger partial charge in [0, 0.05) is 11.8 Å². The summed E-state index contributed by atoms with van der Waals surface area (Å²) in [6, 6.07) is 5.46. The molecule has 0 saturated carbocycles. The molecule has 1 aliphatic rings. The maximum atomic E-state index is 11.8. The lowest BCUT2D eigenvalue weighted by Gasteiger charge is -2.34. The summed E-state index contributed by atoms with van der Waals surface area (Å²) in [7, 11) is 0. The minimum Gasteiger partial charge on any atom is -0.487 e. The lowest BCUT2D eigenvalue weighted by Crippen LogP contribution is -2.42. The normalized spacial score (nSPS) is 17.9. The Balaban J connectivity index is 2.16. The molecule has 0 fully saturated rings. The molecule has 1 unspecified atom stereocenters. The Morgan fingerprint density at radius 3 is 3.00 bits per heavy atom. The van der Waals surface area contributed by atoms with Crippen LogP contribution in [0.1, 0.15) is 20.8 Å². The van der Waals surface area contributed by atoms with E-state index in [-0.39, 0.29) is 24.7 Å². The van der Waals surface area contributed by atoms with Crippen LogP contribution in [0.2, 0.25) is 0 Å². The van der Waals surface area contributed by atoms with Crippen LogP contribution < -0.4 is 15.4 Å². The molecule has 0 radical (unpaired) electrons. The highest BCUT2D eigenvalue weighted by Gasteiger charge is 2.25. The van der Waals surface area contributed by atoms with Gasteiger partial charge in [0.15, 0.2) is 0 Å². The second-order valence-corrected chi connectivity index (χ2v) is 5.07. The van der Waals surface area contributed by atoms with Crippen molar-refractivity contribution in [3.05, 3.63) is 18.2 Å². The largest absolute Gasteiger partial charge is 0.487 e. The average Bonchev–Trinajstić information content (AvgIpc) is 2.26. The number of hydrogen-bond donors (Lipinski definition) is 1. The Hall–Kier alpha value is -1.91. The van der Waals surface area contributed by atoms with E-state index < -0.39 is 0 Å². The Kier molecular flexibility index (Phi) is 3.83. The van der Waals surface area contributed by atoms with Crippen molar-refractivity contribution in [1.82, 2.24) is 0 Å². The van der Waals surface area contributed by atoms with Crippen molar-refractivity contribution in [3.8, 4) is 5.75 Å². The maximum Gasteiger partial charge on any atom is 0.325 e. The number of nitrogen functional groups attached to an aromatic ring is 1. The third kappa shape index (κ3) is 3.30. The highest BCUT2D eigenvalue weighted by molar-refractivity contribution is 5.78. The first-order chi connectivity index (χ1) is 8.95. The summed E-state index contributed by atoms with van der Waals surface area (Å²) in [6.45, 7) is 6.53. The molecule has 5 nitrogen and oxygen atoms in total. The van der Waals surface area contributed by atoms with Crippen LogP contribution >= 0.6 is 0 Å². The summed E-state index contributed by atoms with van der Waals surface area (Å²) in [5.41, 5.74) is 7.28. The highest BCUT2D eigenvalue weighted by Crippen LogP contribution is 2.34. The topological polar surface area (TPSA) is 64.8 Å². The van der Waals surface area contributed by atoms with Gasteiger partial charge in [0.25, 0.3) is 0 Å². The fourth-order valence-electron chi connectivity index (χ4n) is 2.15. The van der Waals surface area contributed by atoms with E-state index in [1.165, 1.54) is 0 Å². The summed E-state index contributed by atoms with van der Waals surface area (Å²) in [4.78, 5) is 13.7. The molecule has 1 atom stereocenters. The molecule has 19 heavy (non-hydrogen) atoms. The number of nitrogens with zero attached hydrogens (tertiary/aromatic N) is 1. The number of fused-ring (bicyclic) bond motifs is 1. The number of anilines is 2. The minimum atomic E-state index is -0.230. The van der Waals surface area contributed by atoms with Gasteiger partial charge < -0.3 is 20.1 Å². The van der Waals surface area contributed by atoms with Crippen LogP contribution in [0, 0.1) is 0 Å². The lowest BCUT2D eigenvalue weighted by molar-refractivity contribution is -0.145. The van der Waals surface area contributed by atoms with Gasteiger partial charge in [-0.05, 0) is 32.9 Å². The van der Waals surface area contributed by atoms with Gasteiger partial charge in [0.2, 0.25) is 0 Å². The SMILES string of the molecule is CC(C)OC(=O)CN1CC(C)Oc2cc(N)ccc21. The van der Waals surface area contributed by atoms with Crippen LogP contribution in [0.4, 0.5) is 11.4 Å². The van der Waals surface area contributed by atoms with Gasteiger partial charge in [-0.15, -0.1) is 0 Å². The fraction of sp³-hybridized carbons (Fsp3) is 0.500.